The molecule has 104 valence electrons. The zero-order chi connectivity index (χ0) is 14.5. The number of nitrogens with one attached hydrogen (secondary N) is 1. The van der Waals surface area contributed by atoms with Crippen LogP contribution in [-0.2, 0) is 6.54 Å². The number of hydrogen-bond donors (Lipinski definition) is 1. The zero-order valence-electron chi connectivity index (χ0n) is 10.8. The van der Waals surface area contributed by atoms with Crippen molar-refractivity contribution in [3.05, 3.63) is 63.2 Å². The molecule has 1 N–H and O–H groups in total. The Morgan fingerprint density at radius 3 is 2.55 bits per heavy atom. The van der Waals surface area contributed by atoms with Gasteiger partial charge in [-0.2, -0.15) is 0 Å². The Balaban J connectivity index is 2.26. The molecule has 2 aromatic carbocycles. The van der Waals surface area contributed by atoms with Crippen molar-refractivity contribution in [1.29, 1.82) is 0 Å². The van der Waals surface area contributed by atoms with Crippen LogP contribution in [0.5, 0.6) is 11.5 Å². The van der Waals surface area contributed by atoms with E-state index < -0.39 is 4.92 Å². The number of nitro groups is 1. The van der Waals surface area contributed by atoms with Crippen molar-refractivity contribution in [2.24, 2.45) is 0 Å². The van der Waals surface area contributed by atoms with Crippen molar-refractivity contribution in [2.75, 3.05) is 7.05 Å². The number of para-hydroxylation sites is 1. The third-order valence-electron chi connectivity index (χ3n) is 2.66. The molecule has 2 rings (SSSR count). The quantitative estimate of drug-likeness (QED) is 0.673. The first-order valence-corrected chi connectivity index (χ1v) is 6.34. The van der Waals surface area contributed by atoms with E-state index in [9.17, 15) is 10.1 Å². The fourth-order valence-electron chi connectivity index (χ4n) is 1.76. The van der Waals surface area contributed by atoms with Crippen LogP contribution in [-0.4, -0.2) is 12.0 Å². The van der Waals surface area contributed by atoms with Crippen LogP contribution in [0, 0.1) is 10.1 Å². The lowest BCUT2D eigenvalue weighted by Gasteiger charge is -2.08. The largest absolute Gasteiger partial charge is 0.450 e. The smallest absolute Gasteiger partial charge is 0.329 e. The van der Waals surface area contributed by atoms with Crippen LogP contribution in [0.3, 0.4) is 0 Å². The Morgan fingerprint density at radius 1 is 1.25 bits per heavy atom. The summed E-state index contributed by atoms with van der Waals surface area (Å²) in [5, 5.41) is 14.1. The summed E-state index contributed by atoms with van der Waals surface area (Å²) in [6.07, 6.45) is 0. The van der Waals surface area contributed by atoms with E-state index in [1.807, 2.05) is 19.2 Å². The maximum Gasteiger partial charge on any atom is 0.329 e. The fraction of sp³-hybridized carbons (Fsp3) is 0.143. The van der Waals surface area contributed by atoms with Crippen molar-refractivity contribution < 1.29 is 9.66 Å². The van der Waals surface area contributed by atoms with Gasteiger partial charge in [-0.3, -0.25) is 10.1 Å². The van der Waals surface area contributed by atoms with Crippen LogP contribution in [0.1, 0.15) is 5.56 Å². The first-order chi connectivity index (χ1) is 9.61. The highest BCUT2D eigenvalue weighted by Gasteiger charge is 2.20. The molecule has 0 unspecified atom stereocenters. The molecule has 5 nitrogen and oxygen atoms in total. The van der Waals surface area contributed by atoms with Gasteiger partial charge in [0.1, 0.15) is 10.8 Å². The summed E-state index contributed by atoms with van der Waals surface area (Å²) in [5.74, 6) is 0.652. The molecule has 0 saturated heterocycles. The van der Waals surface area contributed by atoms with Crippen molar-refractivity contribution in [1.82, 2.24) is 5.32 Å². The minimum Gasteiger partial charge on any atom is -0.450 e. The Bertz CT molecular complexity index is 614. The second kappa shape index (κ2) is 6.36. The van der Waals surface area contributed by atoms with Gasteiger partial charge in [0.2, 0.25) is 5.75 Å². The van der Waals surface area contributed by atoms with Crippen LogP contribution >= 0.6 is 11.6 Å². The van der Waals surface area contributed by atoms with E-state index >= 15 is 0 Å². The lowest BCUT2D eigenvalue weighted by molar-refractivity contribution is -0.385. The Morgan fingerprint density at radius 2 is 1.95 bits per heavy atom. The van der Waals surface area contributed by atoms with E-state index in [-0.39, 0.29) is 16.5 Å². The van der Waals surface area contributed by atoms with Crippen molar-refractivity contribution in [3.63, 3.8) is 0 Å². The second-order valence-electron chi connectivity index (χ2n) is 4.12. The zero-order valence-corrected chi connectivity index (χ0v) is 11.6. The number of hydrogen-bond acceptors (Lipinski definition) is 4. The Labute approximate surface area is 121 Å². The second-order valence-corrected chi connectivity index (χ2v) is 4.53. The minimum absolute atomic E-state index is 0.0549. The molecule has 0 aliphatic carbocycles. The van der Waals surface area contributed by atoms with Crippen LogP contribution < -0.4 is 10.1 Å². The molecule has 0 aliphatic rings. The van der Waals surface area contributed by atoms with Gasteiger partial charge in [0, 0.05) is 6.54 Å². The van der Waals surface area contributed by atoms with Gasteiger partial charge in [-0.15, -0.1) is 0 Å². The van der Waals surface area contributed by atoms with E-state index in [0.717, 1.165) is 12.1 Å². The van der Waals surface area contributed by atoms with Crippen molar-refractivity contribution >= 4 is 17.3 Å². The van der Waals surface area contributed by atoms with Gasteiger partial charge in [-0.05, 0) is 36.9 Å². The van der Waals surface area contributed by atoms with Crippen LogP contribution in [0.2, 0.25) is 5.02 Å². The topological polar surface area (TPSA) is 64.4 Å². The highest BCUT2D eigenvalue weighted by atomic mass is 35.5. The van der Waals surface area contributed by atoms with Gasteiger partial charge in [0.25, 0.3) is 0 Å². The fourth-order valence-corrected chi connectivity index (χ4v) is 2.00. The van der Waals surface area contributed by atoms with Crippen LogP contribution in [0.25, 0.3) is 0 Å². The Hall–Kier alpha value is -2.11. The number of nitrogens with zero attached hydrogens (tertiary/aromatic N) is 1. The molecule has 0 bridgehead atoms. The molecule has 0 heterocycles. The number of rotatable bonds is 5. The highest BCUT2D eigenvalue weighted by Crippen LogP contribution is 2.36. The summed E-state index contributed by atoms with van der Waals surface area (Å²) in [4.78, 5) is 10.5. The summed E-state index contributed by atoms with van der Waals surface area (Å²) < 4.78 is 5.54. The van der Waals surface area contributed by atoms with Gasteiger partial charge < -0.3 is 10.1 Å². The molecule has 6 heteroatoms. The first-order valence-electron chi connectivity index (χ1n) is 5.96. The normalized spacial score (nSPS) is 10.3. The molecule has 0 aromatic heterocycles. The first kappa shape index (κ1) is 14.3. The minimum atomic E-state index is -0.549. The van der Waals surface area contributed by atoms with Crippen LogP contribution in [0.15, 0.2) is 42.5 Å². The van der Waals surface area contributed by atoms with Crippen molar-refractivity contribution in [2.45, 2.75) is 6.54 Å². The maximum atomic E-state index is 11.0. The third kappa shape index (κ3) is 3.26. The number of halogens is 1. The summed E-state index contributed by atoms with van der Waals surface area (Å²) in [6, 6.07) is 11.9. The molecule has 0 amide bonds. The third-order valence-corrected chi connectivity index (χ3v) is 2.97. The summed E-state index contributed by atoms with van der Waals surface area (Å²) in [7, 11) is 1.86. The van der Waals surface area contributed by atoms with Gasteiger partial charge >= 0.3 is 5.69 Å². The molecule has 0 radical (unpaired) electrons. The SMILES string of the molecule is CNCc1ccc(Oc2cccc(Cl)c2[N+](=O)[O-])cc1. The van der Waals surface area contributed by atoms with Gasteiger partial charge in [-0.1, -0.05) is 29.8 Å². The summed E-state index contributed by atoms with van der Waals surface area (Å²) in [6.45, 7) is 0.748. The van der Waals surface area contributed by atoms with Gasteiger partial charge in [-0.25, -0.2) is 0 Å². The molecule has 0 aliphatic heterocycles. The maximum absolute atomic E-state index is 11.0. The lowest BCUT2D eigenvalue weighted by atomic mass is 10.2. The molecular formula is C14H13ClN2O3. The molecule has 20 heavy (non-hydrogen) atoms. The Kier molecular flexibility index (Phi) is 4.55. The van der Waals surface area contributed by atoms with E-state index in [0.29, 0.717) is 5.75 Å². The highest BCUT2D eigenvalue weighted by molar-refractivity contribution is 6.32. The van der Waals surface area contributed by atoms with Crippen LogP contribution in [0.4, 0.5) is 5.69 Å². The van der Waals surface area contributed by atoms with Crippen molar-refractivity contribution in [3.8, 4) is 11.5 Å². The summed E-state index contributed by atoms with van der Waals surface area (Å²) in [5.41, 5.74) is 0.869. The number of benzene rings is 2. The summed E-state index contributed by atoms with van der Waals surface area (Å²) >= 11 is 5.83. The predicted octanol–water partition coefficient (Wildman–Crippen LogP) is 3.76. The predicted molar refractivity (Wildman–Crippen MR) is 77.4 cm³/mol. The molecule has 2 aromatic rings. The van der Waals surface area contributed by atoms with E-state index in [2.05, 4.69) is 5.32 Å². The standard InChI is InChI=1S/C14H13ClN2O3/c1-16-9-10-5-7-11(8-6-10)20-13-4-2-3-12(15)14(13)17(18)19/h2-8,16H,9H2,1H3. The van der Waals surface area contributed by atoms with Gasteiger partial charge in [0.05, 0.1) is 4.92 Å². The molecule has 0 saturated carbocycles. The number of nitro benzene ring substituents is 1. The molecular weight excluding hydrogens is 280 g/mol. The lowest BCUT2D eigenvalue weighted by Crippen LogP contribution is -2.04. The average molecular weight is 293 g/mol. The van der Waals surface area contributed by atoms with E-state index in [1.54, 1.807) is 18.2 Å². The average Bonchev–Trinajstić information content (AvgIpc) is 2.41. The molecule has 0 fully saturated rings. The van der Waals surface area contributed by atoms with Gasteiger partial charge in [0.15, 0.2) is 0 Å². The molecule has 0 spiro atoms. The number of ether oxygens (including phenoxy) is 1. The van der Waals surface area contributed by atoms with E-state index in [4.69, 9.17) is 16.3 Å². The van der Waals surface area contributed by atoms with E-state index in [1.165, 1.54) is 12.1 Å². The monoisotopic (exact) mass is 292 g/mol. The molecule has 0 atom stereocenters.